The van der Waals surface area contributed by atoms with Crippen LogP contribution in [-0.4, -0.2) is 47.7 Å². The molecule has 0 amide bonds. The zero-order chi connectivity index (χ0) is 13.6. The maximum Gasteiger partial charge on any atom is 0.186 e. The van der Waals surface area contributed by atoms with Crippen molar-refractivity contribution in [3.8, 4) is 0 Å². The Morgan fingerprint density at radius 2 is 2.22 bits per heavy atom. The van der Waals surface area contributed by atoms with E-state index in [1.54, 1.807) is 0 Å². The van der Waals surface area contributed by atoms with E-state index in [2.05, 4.69) is 35.1 Å². The van der Waals surface area contributed by atoms with Crippen molar-refractivity contribution in [1.82, 2.24) is 20.2 Å². The third-order valence-electron chi connectivity index (χ3n) is 2.42. The van der Waals surface area contributed by atoms with Crippen LogP contribution in [0, 0.1) is 0 Å². The molecule has 1 atom stereocenters. The molecular formula is C10H21N5O2Si. The van der Waals surface area contributed by atoms with Crippen molar-refractivity contribution >= 4 is 14.4 Å². The molecule has 2 N–H and O–H groups in total. The van der Waals surface area contributed by atoms with E-state index in [-0.39, 0.29) is 13.3 Å². The molecule has 7 nitrogen and oxygen atoms in total. The van der Waals surface area contributed by atoms with Crippen LogP contribution >= 0.6 is 0 Å². The quantitative estimate of drug-likeness (QED) is 0.413. The molecule has 0 aliphatic carbocycles. The normalized spacial score (nSPS) is 13.6. The summed E-state index contributed by atoms with van der Waals surface area (Å²) in [6, 6.07) is 1.09. The molecular weight excluding hydrogens is 250 g/mol. The van der Waals surface area contributed by atoms with Crippen molar-refractivity contribution in [3.05, 3.63) is 5.82 Å². The predicted molar refractivity (Wildman–Crippen MR) is 69.8 cm³/mol. The number of aldehydes is 1. The van der Waals surface area contributed by atoms with Crippen LogP contribution in [0.4, 0.5) is 0 Å². The summed E-state index contributed by atoms with van der Waals surface area (Å²) >= 11 is 0. The number of hydrogen-bond acceptors (Lipinski definition) is 6. The van der Waals surface area contributed by atoms with Crippen molar-refractivity contribution < 1.29 is 9.53 Å². The molecule has 0 aromatic carbocycles. The number of rotatable bonds is 8. The van der Waals surface area contributed by atoms with Crippen LogP contribution in [0.2, 0.25) is 25.7 Å². The van der Waals surface area contributed by atoms with Crippen molar-refractivity contribution in [2.24, 2.45) is 5.73 Å². The SMILES string of the molecule is C[Si](C)(C)CCOCn1nnc(C(C=O)CN)n1. The van der Waals surface area contributed by atoms with Gasteiger partial charge in [0.2, 0.25) is 0 Å². The van der Waals surface area contributed by atoms with E-state index < -0.39 is 14.0 Å². The van der Waals surface area contributed by atoms with Gasteiger partial charge in [-0.05, 0) is 11.3 Å². The van der Waals surface area contributed by atoms with Gasteiger partial charge in [-0.1, -0.05) is 19.6 Å². The van der Waals surface area contributed by atoms with Crippen molar-refractivity contribution in [3.63, 3.8) is 0 Å². The van der Waals surface area contributed by atoms with Crippen LogP contribution in [0.3, 0.4) is 0 Å². The minimum atomic E-state index is -1.07. The van der Waals surface area contributed by atoms with Crippen molar-refractivity contribution in [1.29, 1.82) is 0 Å². The lowest BCUT2D eigenvalue weighted by molar-refractivity contribution is -0.109. The Bertz CT molecular complexity index is 377. The Kier molecular flexibility index (Phi) is 5.57. The number of aromatic nitrogens is 4. The molecule has 0 aliphatic rings. The minimum absolute atomic E-state index is 0.186. The largest absolute Gasteiger partial charge is 0.358 e. The van der Waals surface area contributed by atoms with E-state index in [1.807, 2.05) is 0 Å². The molecule has 0 aliphatic heterocycles. The van der Waals surface area contributed by atoms with Crippen LogP contribution in [-0.2, 0) is 16.3 Å². The van der Waals surface area contributed by atoms with E-state index in [4.69, 9.17) is 10.5 Å². The maximum atomic E-state index is 10.7. The highest BCUT2D eigenvalue weighted by Gasteiger charge is 2.15. The number of hydrogen-bond donors (Lipinski definition) is 1. The van der Waals surface area contributed by atoms with E-state index in [1.165, 1.54) is 4.80 Å². The molecule has 0 radical (unpaired) electrons. The van der Waals surface area contributed by atoms with Crippen molar-refractivity contribution in [2.45, 2.75) is 38.3 Å². The fraction of sp³-hybridized carbons (Fsp3) is 0.800. The second-order valence-electron chi connectivity index (χ2n) is 5.35. The summed E-state index contributed by atoms with van der Waals surface area (Å²) in [6.45, 7) is 8.01. The van der Waals surface area contributed by atoms with E-state index in [0.717, 1.165) is 12.3 Å². The van der Waals surface area contributed by atoms with Gasteiger partial charge in [-0.3, -0.25) is 0 Å². The van der Waals surface area contributed by atoms with Gasteiger partial charge < -0.3 is 15.3 Å². The Balaban J connectivity index is 2.38. The highest BCUT2D eigenvalue weighted by atomic mass is 28.3. The molecule has 0 saturated heterocycles. The fourth-order valence-electron chi connectivity index (χ4n) is 1.21. The first-order chi connectivity index (χ1) is 8.46. The molecule has 1 rings (SSSR count). The van der Waals surface area contributed by atoms with E-state index in [0.29, 0.717) is 12.4 Å². The van der Waals surface area contributed by atoms with Crippen LogP contribution in [0.15, 0.2) is 0 Å². The Labute approximate surface area is 108 Å². The third-order valence-corrected chi connectivity index (χ3v) is 4.13. The lowest BCUT2D eigenvalue weighted by Gasteiger charge is -2.14. The van der Waals surface area contributed by atoms with Gasteiger partial charge in [-0.25, -0.2) is 0 Å². The number of ether oxygens (including phenoxy) is 1. The second-order valence-corrected chi connectivity index (χ2v) is 11.0. The van der Waals surface area contributed by atoms with Crippen LogP contribution in [0.25, 0.3) is 0 Å². The Morgan fingerprint density at radius 3 is 2.78 bits per heavy atom. The van der Waals surface area contributed by atoms with Crippen LogP contribution in [0.5, 0.6) is 0 Å². The van der Waals surface area contributed by atoms with Crippen LogP contribution in [0.1, 0.15) is 11.7 Å². The number of carbonyl (C=O) groups is 1. The monoisotopic (exact) mass is 271 g/mol. The molecule has 0 fully saturated rings. The van der Waals surface area contributed by atoms with Gasteiger partial charge in [0.25, 0.3) is 0 Å². The lowest BCUT2D eigenvalue weighted by Crippen LogP contribution is -2.22. The first-order valence-electron chi connectivity index (χ1n) is 5.97. The minimum Gasteiger partial charge on any atom is -0.358 e. The van der Waals surface area contributed by atoms with Gasteiger partial charge in [-0.15, -0.1) is 15.0 Å². The van der Waals surface area contributed by atoms with Gasteiger partial charge in [0.15, 0.2) is 12.6 Å². The molecule has 1 aromatic rings. The molecule has 0 spiro atoms. The summed E-state index contributed by atoms with van der Waals surface area (Å²) in [5.74, 6) is -0.137. The molecule has 0 bridgehead atoms. The van der Waals surface area contributed by atoms with Gasteiger partial charge in [0.05, 0.1) is 5.92 Å². The average Bonchev–Trinajstić information content (AvgIpc) is 2.74. The molecule has 0 saturated carbocycles. The van der Waals surface area contributed by atoms with E-state index >= 15 is 0 Å². The predicted octanol–water partition coefficient (Wildman–Crippen LogP) is 0.227. The molecule has 102 valence electrons. The number of nitrogens with two attached hydrogens (primary N) is 1. The summed E-state index contributed by atoms with van der Waals surface area (Å²) < 4.78 is 5.47. The molecule has 1 unspecified atom stereocenters. The summed E-state index contributed by atoms with van der Waals surface area (Å²) in [5, 5.41) is 11.7. The van der Waals surface area contributed by atoms with Gasteiger partial charge in [0.1, 0.15) is 6.29 Å². The first-order valence-corrected chi connectivity index (χ1v) is 9.68. The summed E-state index contributed by atoms with van der Waals surface area (Å²) in [5.41, 5.74) is 5.42. The molecule has 8 heteroatoms. The average molecular weight is 271 g/mol. The third kappa shape index (κ3) is 5.03. The number of nitrogens with zero attached hydrogens (tertiary/aromatic N) is 4. The van der Waals surface area contributed by atoms with Crippen molar-refractivity contribution in [2.75, 3.05) is 13.2 Å². The lowest BCUT2D eigenvalue weighted by atomic mass is 10.2. The molecule has 18 heavy (non-hydrogen) atoms. The zero-order valence-electron chi connectivity index (χ0n) is 11.2. The van der Waals surface area contributed by atoms with Gasteiger partial charge in [-0.2, -0.15) is 0 Å². The highest BCUT2D eigenvalue weighted by Crippen LogP contribution is 2.08. The number of tetrazole rings is 1. The Hall–Kier alpha value is -1.12. The molecule has 1 aromatic heterocycles. The van der Waals surface area contributed by atoms with Gasteiger partial charge >= 0.3 is 0 Å². The summed E-state index contributed by atoms with van der Waals surface area (Å²) in [7, 11) is -1.07. The van der Waals surface area contributed by atoms with Gasteiger partial charge in [0, 0.05) is 21.2 Å². The standard InChI is InChI=1S/C10H21N5O2Si/c1-18(2,3)5-4-17-8-15-13-10(12-14-15)9(6-11)7-16/h7,9H,4-6,8,11H2,1-3H3. The first kappa shape index (κ1) is 14.9. The zero-order valence-corrected chi connectivity index (χ0v) is 12.2. The molecule has 1 heterocycles. The summed E-state index contributed by atoms with van der Waals surface area (Å²) in [6.07, 6.45) is 0.730. The van der Waals surface area contributed by atoms with E-state index in [9.17, 15) is 4.79 Å². The number of carbonyl (C=O) groups excluding carboxylic acids is 1. The Morgan fingerprint density at radius 1 is 1.50 bits per heavy atom. The maximum absolute atomic E-state index is 10.7. The fourth-order valence-corrected chi connectivity index (χ4v) is 1.96. The summed E-state index contributed by atoms with van der Waals surface area (Å²) in [4.78, 5) is 12.0. The van der Waals surface area contributed by atoms with Crippen LogP contribution < -0.4 is 5.73 Å². The topological polar surface area (TPSA) is 95.9 Å². The highest BCUT2D eigenvalue weighted by molar-refractivity contribution is 6.76. The smallest absolute Gasteiger partial charge is 0.186 e. The second kappa shape index (κ2) is 6.71.